The van der Waals surface area contributed by atoms with E-state index in [1.165, 1.54) is 0 Å². The molecular weight excluding hydrogens is 282 g/mol. The molecule has 0 saturated heterocycles. The van der Waals surface area contributed by atoms with E-state index in [4.69, 9.17) is 10.8 Å². The van der Waals surface area contributed by atoms with Crippen LogP contribution in [-0.4, -0.2) is 17.1 Å². The first kappa shape index (κ1) is 15.4. The van der Waals surface area contributed by atoms with Crippen molar-refractivity contribution < 1.29 is 14.7 Å². The minimum absolute atomic E-state index is 0.144. The Hall–Kier alpha value is -3.02. The van der Waals surface area contributed by atoms with Crippen molar-refractivity contribution in [1.82, 2.24) is 0 Å². The van der Waals surface area contributed by atoms with Crippen LogP contribution in [0.1, 0.15) is 12.0 Å². The van der Waals surface area contributed by atoms with E-state index in [1.807, 2.05) is 18.2 Å². The molecule has 2 aromatic carbocycles. The maximum atomic E-state index is 11.9. The van der Waals surface area contributed by atoms with E-state index in [9.17, 15) is 9.59 Å². The number of carbonyl (C=O) groups is 2. The molecule has 0 fully saturated rings. The molecule has 6 heteroatoms. The molecule has 0 atom stereocenters. The van der Waals surface area contributed by atoms with Crippen LogP contribution in [0.5, 0.6) is 0 Å². The molecule has 0 aliphatic rings. The van der Waals surface area contributed by atoms with Crippen LogP contribution in [-0.2, 0) is 11.2 Å². The number of nitrogens with two attached hydrogens (primary N) is 1. The average Bonchev–Trinajstić information content (AvgIpc) is 2.45. The molecule has 0 bridgehead atoms. The van der Waals surface area contributed by atoms with Crippen LogP contribution in [0.4, 0.5) is 21.9 Å². The molecule has 0 radical (unpaired) electrons. The second kappa shape index (κ2) is 7.12. The lowest BCUT2D eigenvalue weighted by Crippen LogP contribution is -2.13. The number of carbonyl (C=O) groups excluding carboxylic acids is 1. The molecule has 0 aliphatic heterocycles. The second-order valence-corrected chi connectivity index (χ2v) is 4.80. The molecule has 0 heterocycles. The van der Waals surface area contributed by atoms with Crippen molar-refractivity contribution in [2.75, 3.05) is 16.4 Å². The average molecular weight is 299 g/mol. The van der Waals surface area contributed by atoms with Crippen molar-refractivity contribution in [1.29, 1.82) is 0 Å². The van der Waals surface area contributed by atoms with Crippen molar-refractivity contribution in [2.45, 2.75) is 12.8 Å². The Bertz CT molecular complexity index is 686. The SMILES string of the molecule is Nc1cccc(CCC(=O)Nc2cccc(NC(=O)O)c2)c1. The Morgan fingerprint density at radius 1 is 1.00 bits per heavy atom. The summed E-state index contributed by atoms with van der Waals surface area (Å²) in [7, 11) is 0. The molecule has 0 spiro atoms. The number of aryl methyl sites for hydroxylation is 1. The topological polar surface area (TPSA) is 104 Å². The molecule has 22 heavy (non-hydrogen) atoms. The quantitative estimate of drug-likeness (QED) is 0.637. The number of hydrogen-bond donors (Lipinski definition) is 4. The van der Waals surface area contributed by atoms with Crippen molar-refractivity contribution in [3.63, 3.8) is 0 Å². The van der Waals surface area contributed by atoms with Crippen LogP contribution in [0.25, 0.3) is 0 Å². The first-order valence-electron chi connectivity index (χ1n) is 6.77. The fraction of sp³-hybridized carbons (Fsp3) is 0.125. The van der Waals surface area contributed by atoms with E-state index in [0.717, 1.165) is 5.56 Å². The molecule has 2 amide bonds. The number of nitrogen functional groups attached to an aromatic ring is 1. The predicted octanol–water partition coefficient (Wildman–Crippen LogP) is 2.93. The Balaban J connectivity index is 1.90. The summed E-state index contributed by atoms with van der Waals surface area (Å²) in [5, 5.41) is 13.6. The van der Waals surface area contributed by atoms with Crippen LogP contribution in [0.15, 0.2) is 48.5 Å². The van der Waals surface area contributed by atoms with Crippen molar-refractivity contribution in [3.8, 4) is 0 Å². The number of hydrogen-bond acceptors (Lipinski definition) is 3. The van der Waals surface area contributed by atoms with Crippen molar-refractivity contribution in [2.24, 2.45) is 0 Å². The molecule has 0 unspecified atom stereocenters. The summed E-state index contributed by atoms with van der Waals surface area (Å²) in [6.07, 6.45) is -0.241. The summed E-state index contributed by atoms with van der Waals surface area (Å²) in [6, 6.07) is 13.9. The lowest BCUT2D eigenvalue weighted by atomic mass is 10.1. The standard InChI is InChI=1S/C16H17N3O3/c17-12-4-1-3-11(9-12)7-8-15(20)18-13-5-2-6-14(10-13)19-16(21)22/h1-6,9-10,19H,7-8,17H2,(H,18,20)(H,21,22). The lowest BCUT2D eigenvalue weighted by Gasteiger charge is -2.08. The van der Waals surface area contributed by atoms with Gasteiger partial charge in [-0.05, 0) is 42.3 Å². The van der Waals surface area contributed by atoms with Gasteiger partial charge in [0.2, 0.25) is 5.91 Å². The summed E-state index contributed by atoms with van der Waals surface area (Å²) >= 11 is 0. The summed E-state index contributed by atoms with van der Waals surface area (Å²) in [5.41, 5.74) is 8.31. The number of benzene rings is 2. The monoisotopic (exact) mass is 299 g/mol. The maximum Gasteiger partial charge on any atom is 0.409 e. The number of amides is 2. The van der Waals surface area contributed by atoms with Gasteiger partial charge in [0.05, 0.1) is 0 Å². The van der Waals surface area contributed by atoms with E-state index in [1.54, 1.807) is 30.3 Å². The van der Waals surface area contributed by atoms with Gasteiger partial charge in [-0.1, -0.05) is 18.2 Å². The molecular formula is C16H17N3O3. The van der Waals surface area contributed by atoms with Gasteiger partial charge in [-0.3, -0.25) is 10.1 Å². The van der Waals surface area contributed by atoms with E-state index in [2.05, 4.69) is 10.6 Å². The minimum Gasteiger partial charge on any atom is -0.465 e. The van der Waals surface area contributed by atoms with Crippen LogP contribution < -0.4 is 16.4 Å². The highest BCUT2D eigenvalue weighted by molar-refractivity contribution is 5.92. The smallest absolute Gasteiger partial charge is 0.409 e. The zero-order valence-corrected chi connectivity index (χ0v) is 11.9. The Morgan fingerprint density at radius 3 is 2.36 bits per heavy atom. The molecule has 0 aromatic heterocycles. The molecule has 6 nitrogen and oxygen atoms in total. The number of anilines is 3. The van der Waals surface area contributed by atoms with Crippen molar-refractivity contribution in [3.05, 3.63) is 54.1 Å². The highest BCUT2D eigenvalue weighted by Gasteiger charge is 2.05. The summed E-state index contributed by atoms with van der Waals surface area (Å²) in [6.45, 7) is 0. The number of carboxylic acid groups (broad SMARTS) is 1. The summed E-state index contributed by atoms with van der Waals surface area (Å²) < 4.78 is 0. The second-order valence-electron chi connectivity index (χ2n) is 4.80. The van der Waals surface area contributed by atoms with Gasteiger partial charge in [-0.2, -0.15) is 0 Å². The Morgan fingerprint density at radius 2 is 1.68 bits per heavy atom. The first-order valence-corrected chi connectivity index (χ1v) is 6.77. The van der Waals surface area contributed by atoms with Gasteiger partial charge < -0.3 is 16.2 Å². The molecule has 5 N–H and O–H groups in total. The fourth-order valence-corrected chi connectivity index (χ4v) is 2.03. The summed E-state index contributed by atoms with van der Waals surface area (Å²) in [5.74, 6) is -0.144. The number of rotatable bonds is 5. The van der Waals surface area contributed by atoms with E-state index in [-0.39, 0.29) is 5.91 Å². The number of nitrogens with one attached hydrogen (secondary N) is 2. The van der Waals surface area contributed by atoms with E-state index >= 15 is 0 Å². The van der Waals surface area contributed by atoms with Gasteiger partial charge in [0.25, 0.3) is 0 Å². The van der Waals surface area contributed by atoms with Gasteiger partial charge in [0, 0.05) is 23.5 Å². The third kappa shape index (κ3) is 4.82. The molecule has 0 aliphatic carbocycles. The first-order chi connectivity index (χ1) is 10.5. The predicted molar refractivity (Wildman–Crippen MR) is 85.9 cm³/mol. The lowest BCUT2D eigenvalue weighted by molar-refractivity contribution is -0.116. The van der Waals surface area contributed by atoms with Gasteiger partial charge >= 0.3 is 6.09 Å². The van der Waals surface area contributed by atoms with Crippen LogP contribution in [0.3, 0.4) is 0 Å². The normalized spacial score (nSPS) is 10.0. The maximum absolute atomic E-state index is 11.9. The van der Waals surface area contributed by atoms with Gasteiger partial charge in [0.15, 0.2) is 0 Å². The molecule has 2 rings (SSSR count). The van der Waals surface area contributed by atoms with Crippen LogP contribution in [0.2, 0.25) is 0 Å². The molecule has 114 valence electrons. The van der Waals surface area contributed by atoms with Crippen LogP contribution >= 0.6 is 0 Å². The third-order valence-corrected chi connectivity index (χ3v) is 2.99. The van der Waals surface area contributed by atoms with E-state index < -0.39 is 6.09 Å². The highest BCUT2D eigenvalue weighted by Crippen LogP contribution is 2.16. The van der Waals surface area contributed by atoms with Gasteiger partial charge in [-0.15, -0.1) is 0 Å². The van der Waals surface area contributed by atoms with E-state index in [0.29, 0.717) is 29.9 Å². The highest BCUT2D eigenvalue weighted by atomic mass is 16.4. The third-order valence-electron chi connectivity index (χ3n) is 2.99. The molecule has 2 aromatic rings. The molecule has 0 saturated carbocycles. The zero-order chi connectivity index (χ0) is 15.9. The Kier molecular flexibility index (Phi) is 4.98. The van der Waals surface area contributed by atoms with Gasteiger partial charge in [-0.25, -0.2) is 4.79 Å². The fourth-order valence-electron chi connectivity index (χ4n) is 2.03. The van der Waals surface area contributed by atoms with Crippen LogP contribution in [0, 0.1) is 0 Å². The minimum atomic E-state index is -1.15. The zero-order valence-electron chi connectivity index (χ0n) is 11.9. The van der Waals surface area contributed by atoms with Gasteiger partial charge in [0.1, 0.15) is 0 Å². The summed E-state index contributed by atoms with van der Waals surface area (Å²) in [4.78, 5) is 22.5. The largest absolute Gasteiger partial charge is 0.465 e. The Labute approximate surface area is 128 Å². The van der Waals surface area contributed by atoms with Crippen molar-refractivity contribution >= 4 is 29.1 Å².